The van der Waals surface area contributed by atoms with Crippen molar-refractivity contribution in [2.75, 3.05) is 11.1 Å². The van der Waals surface area contributed by atoms with E-state index in [1.807, 2.05) is 18.3 Å². The van der Waals surface area contributed by atoms with Crippen molar-refractivity contribution in [3.63, 3.8) is 0 Å². The quantitative estimate of drug-likeness (QED) is 0.905. The maximum atomic E-state index is 6.04. The molecule has 0 atom stereocenters. The Morgan fingerprint density at radius 1 is 1.25 bits per heavy atom. The number of pyridine rings is 1. The van der Waals surface area contributed by atoms with E-state index >= 15 is 0 Å². The standard InChI is InChI=1S/C15H20N4S/c1-14(2)13(15(14,3)4)18-12-10(11(16)19-20-12)9-6-5-7-17-8-9/h5-8,13,18H,1-4H3,(H2,16,19). The highest BCUT2D eigenvalue weighted by Crippen LogP contribution is 2.64. The molecule has 0 saturated heterocycles. The third-order valence-corrected chi connectivity index (χ3v) is 5.76. The summed E-state index contributed by atoms with van der Waals surface area (Å²) in [5, 5.41) is 4.67. The third-order valence-electron chi connectivity index (χ3n) is 4.96. The Morgan fingerprint density at radius 3 is 2.50 bits per heavy atom. The van der Waals surface area contributed by atoms with Crippen molar-refractivity contribution in [2.45, 2.75) is 33.7 Å². The normalized spacial score (nSPS) is 19.8. The van der Waals surface area contributed by atoms with Crippen molar-refractivity contribution in [3.05, 3.63) is 24.5 Å². The van der Waals surface area contributed by atoms with Gasteiger partial charge in [0.05, 0.1) is 5.56 Å². The summed E-state index contributed by atoms with van der Waals surface area (Å²) in [7, 11) is 0. The van der Waals surface area contributed by atoms with Crippen molar-refractivity contribution in [1.82, 2.24) is 9.36 Å². The highest BCUT2D eigenvalue weighted by atomic mass is 32.1. The van der Waals surface area contributed by atoms with E-state index in [0.717, 1.165) is 16.1 Å². The average molecular weight is 288 g/mol. The van der Waals surface area contributed by atoms with Crippen molar-refractivity contribution in [2.24, 2.45) is 10.8 Å². The molecule has 3 rings (SSSR count). The zero-order valence-electron chi connectivity index (χ0n) is 12.3. The molecule has 2 aromatic rings. The summed E-state index contributed by atoms with van der Waals surface area (Å²) in [5.74, 6) is 0.571. The summed E-state index contributed by atoms with van der Waals surface area (Å²) in [6, 6.07) is 4.37. The van der Waals surface area contributed by atoms with Crippen LogP contribution in [-0.4, -0.2) is 15.4 Å². The van der Waals surface area contributed by atoms with Gasteiger partial charge in [0.2, 0.25) is 0 Å². The molecule has 5 heteroatoms. The van der Waals surface area contributed by atoms with Gasteiger partial charge < -0.3 is 11.1 Å². The molecule has 0 spiro atoms. The Hall–Kier alpha value is -1.62. The minimum absolute atomic E-state index is 0.276. The number of hydrogen-bond donors (Lipinski definition) is 2. The molecule has 1 fully saturated rings. The van der Waals surface area contributed by atoms with E-state index in [2.05, 4.69) is 42.4 Å². The molecule has 0 bridgehead atoms. The van der Waals surface area contributed by atoms with Crippen LogP contribution >= 0.6 is 11.5 Å². The largest absolute Gasteiger partial charge is 0.382 e. The first-order chi connectivity index (χ1) is 9.35. The first kappa shape index (κ1) is 13.4. The van der Waals surface area contributed by atoms with Gasteiger partial charge in [-0.2, -0.15) is 4.37 Å². The second kappa shape index (κ2) is 4.19. The topological polar surface area (TPSA) is 63.8 Å². The van der Waals surface area contributed by atoms with Crippen LogP contribution in [0.25, 0.3) is 11.1 Å². The Labute approximate surface area is 123 Å². The lowest BCUT2D eigenvalue weighted by molar-refractivity contribution is 0.457. The van der Waals surface area contributed by atoms with Gasteiger partial charge in [0.25, 0.3) is 0 Å². The molecule has 1 aliphatic carbocycles. The number of rotatable bonds is 3. The number of nitrogens with zero attached hydrogens (tertiary/aromatic N) is 2. The van der Waals surface area contributed by atoms with Gasteiger partial charge in [-0.3, -0.25) is 4.98 Å². The number of aromatic nitrogens is 2. The molecule has 106 valence electrons. The Morgan fingerprint density at radius 2 is 1.95 bits per heavy atom. The van der Waals surface area contributed by atoms with E-state index in [4.69, 9.17) is 5.73 Å². The molecular formula is C15H20N4S. The van der Waals surface area contributed by atoms with Crippen LogP contribution in [-0.2, 0) is 0 Å². The Balaban J connectivity index is 1.94. The zero-order chi connectivity index (χ0) is 14.5. The van der Waals surface area contributed by atoms with Gasteiger partial charge in [-0.05, 0) is 28.4 Å². The summed E-state index contributed by atoms with van der Waals surface area (Å²) in [6.45, 7) is 9.16. The van der Waals surface area contributed by atoms with E-state index in [-0.39, 0.29) is 10.8 Å². The van der Waals surface area contributed by atoms with Gasteiger partial charge in [0.15, 0.2) is 0 Å². The Bertz CT molecular complexity index is 617. The van der Waals surface area contributed by atoms with Crippen LogP contribution in [0.1, 0.15) is 27.7 Å². The molecule has 2 heterocycles. The van der Waals surface area contributed by atoms with Gasteiger partial charge >= 0.3 is 0 Å². The molecule has 4 nitrogen and oxygen atoms in total. The molecule has 2 aromatic heterocycles. The van der Waals surface area contributed by atoms with E-state index < -0.39 is 0 Å². The molecule has 20 heavy (non-hydrogen) atoms. The van der Waals surface area contributed by atoms with Crippen LogP contribution in [0.3, 0.4) is 0 Å². The fraction of sp³-hybridized carbons (Fsp3) is 0.467. The summed E-state index contributed by atoms with van der Waals surface area (Å²) < 4.78 is 4.30. The molecular weight excluding hydrogens is 268 g/mol. The summed E-state index contributed by atoms with van der Waals surface area (Å²) in [5.41, 5.74) is 8.57. The van der Waals surface area contributed by atoms with Crippen molar-refractivity contribution >= 4 is 22.4 Å². The molecule has 0 aliphatic heterocycles. The second-order valence-electron chi connectivity index (χ2n) is 6.53. The molecule has 1 aliphatic rings. The van der Waals surface area contributed by atoms with Crippen LogP contribution in [0.5, 0.6) is 0 Å². The summed E-state index contributed by atoms with van der Waals surface area (Å²) in [6.07, 6.45) is 3.59. The Kier molecular flexibility index (Phi) is 2.80. The van der Waals surface area contributed by atoms with Crippen molar-refractivity contribution < 1.29 is 0 Å². The lowest BCUT2D eigenvalue weighted by Crippen LogP contribution is -2.09. The lowest BCUT2D eigenvalue weighted by atomic mass is 10.0. The van der Waals surface area contributed by atoms with Gasteiger partial charge in [-0.1, -0.05) is 33.8 Å². The van der Waals surface area contributed by atoms with E-state index in [1.165, 1.54) is 11.5 Å². The monoisotopic (exact) mass is 288 g/mol. The van der Waals surface area contributed by atoms with Gasteiger partial charge in [-0.25, -0.2) is 0 Å². The second-order valence-corrected chi connectivity index (χ2v) is 7.31. The molecule has 3 N–H and O–H groups in total. The number of anilines is 2. The SMILES string of the molecule is CC1(C)C(Nc2snc(N)c2-c2cccnc2)C1(C)C. The highest BCUT2D eigenvalue weighted by Gasteiger charge is 2.65. The molecule has 1 saturated carbocycles. The molecule has 0 unspecified atom stereocenters. The molecule has 0 aromatic carbocycles. The van der Waals surface area contributed by atoms with Gasteiger partial charge in [0.1, 0.15) is 10.8 Å². The molecule has 0 amide bonds. The maximum absolute atomic E-state index is 6.04. The minimum atomic E-state index is 0.276. The highest BCUT2D eigenvalue weighted by molar-refractivity contribution is 7.11. The van der Waals surface area contributed by atoms with Crippen LogP contribution in [0, 0.1) is 10.8 Å². The minimum Gasteiger partial charge on any atom is -0.382 e. The van der Waals surface area contributed by atoms with E-state index in [9.17, 15) is 0 Å². The van der Waals surface area contributed by atoms with Crippen LogP contribution in [0.2, 0.25) is 0 Å². The van der Waals surface area contributed by atoms with Crippen molar-refractivity contribution in [1.29, 1.82) is 0 Å². The predicted molar refractivity (Wildman–Crippen MR) is 84.7 cm³/mol. The van der Waals surface area contributed by atoms with Crippen LogP contribution < -0.4 is 11.1 Å². The fourth-order valence-electron chi connectivity index (χ4n) is 2.88. The predicted octanol–water partition coefficient (Wildman–Crippen LogP) is 3.63. The number of nitrogen functional groups attached to an aromatic ring is 1. The summed E-state index contributed by atoms with van der Waals surface area (Å²) >= 11 is 1.43. The van der Waals surface area contributed by atoms with Gasteiger partial charge in [0, 0.05) is 24.0 Å². The first-order valence-electron chi connectivity index (χ1n) is 6.78. The summed E-state index contributed by atoms with van der Waals surface area (Å²) in [4.78, 5) is 4.17. The number of hydrogen-bond acceptors (Lipinski definition) is 5. The van der Waals surface area contributed by atoms with Crippen LogP contribution in [0.15, 0.2) is 24.5 Å². The average Bonchev–Trinajstić information content (AvgIpc) is 2.71. The molecule has 0 radical (unpaired) electrons. The van der Waals surface area contributed by atoms with E-state index in [1.54, 1.807) is 6.20 Å². The van der Waals surface area contributed by atoms with E-state index in [0.29, 0.717) is 11.9 Å². The smallest absolute Gasteiger partial charge is 0.147 e. The first-order valence-corrected chi connectivity index (χ1v) is 7.55. The number of nitrogens with one attached hydrogen (secondary N) is 1. The van der Waals surface area contributed by atoms with Gasteiger partial charge in [-0.15, -0.1) is 0 Å². The lowest BCUT2D eigenvalue weighted by Gasteiger charge is -2.08. The number of nitrogens with two attached hydrogens (primary N) is 1. The van der Waals surface area contributed by atoms with Crippen LogP contribution in [0.4, 0.5) is 10.8 Å². The third kappa shape index (κ3) is 1.80. The maximum Gasteiger partial charge on any atom is 0.147 e. The fourth-order valence-corrected chi connectivity index (χ4v) is 3.64. The zero-order valence-corrected chi connectivity index (χ0v) is 13.1. The van der Waals surface area contributed by atoms with Crippen molar-refractivity contribution in [3.8, 4) is 11.1 Å².